The van der Waals surface area contributed by atoms with E-state index >= 15 is 0 Å². The molecule has 20 heavy (non-hydrogen) atoms. The van der Waals surface area contributed by atoms with Crippen LogP contribution < -0.4 is 5.32 Å². The van der Waals surface area contributed by atoms with Crippen LogP contribution in [0.5, 0.6) is 0 Å². The number of nitrogens with one attached hydrogen (secondary N) is 1. The van der Waals surface area contributed by atoms with Gasteiger partial charge >= 0.3 is 0 Å². The number of thiazole rings is 1. The Morgan fingerprint density at radius 3 is 2.35 bits per heavy atom. The lowest BCUT2D eigenvalue weighted by Gasteiger charge is -2.38. The Balaban J connectivity index is 2.60. The van der Waals surface area contributed by atoms with Gasteiger partial charge in [-0.25, -0.2) is 4.98 Å². The number of nitrogens with zero attached hydrogens (tertiary/aromatic N) is 2. The molecule has 0 aliphatic carbocycles. The molecule has 0 saturated carbocycles. The summed E-state index contributed by atoms with van der Waals surface area (Å²) in [6.07, 6.45) is 2.40. The Morgan fingerprint density at radius 2 is 1.90 bits per heavy atom. The number of rotatable bonds is 8. The average Bonchev–Trinajstić information content (AvgIpc) is 2.86. The first-order chi connectivity index (χ1) is 9.30. The van der Waals surface area contributed by atoms with Gasteiger partial charge < -0.3 is 5.32 Å². The molecule has 0 aliphatic rings. The van der Waals surface area contributed by atoms with Gasteiger partial charge in [0, 0.05) is 30.6 Å². The molecule has 1 rings (SSSR count). The minimum atomic E-state index is 0.184. The van der Waals surface area contributed by atoms with Crippen molar-refractivity contribution in [3.05, 3.63) is 16.6 Å². The van der Waals surface area contributed by atoms with Crippen molar-refractivity contribution in [2.45, 2.75) is 59.5 Å². The molecule has 0 spiro atoms. The van der Waals surface area contributed by atoms with E-state index in [1.54, 1.807) is 11.3 Å². The van der Waals surface area contributed by atoms with Crippen LogP contribution in [0.2, 0.25) is 0 Å². The van der Waals surface area contributed by atoms with Gasteiger partial charge in [0.15, 0.2) is 0 Å². The van der Waals surface area contributed by atoms with Crippen molar-refractivity contribution in [2.24, 2.45) is 5.41 Å². The SMILES string of the molecule is CCC(CC)(CNC(C)(C)C)CN(C)Cc1cscn1. The second-order valence-electron chi connectivity index (χ2n) is 6.96. The summed E-state index contributed by atoms with van der Waals surface area (Å²) < 4.78 is 0. The third-order valence-corrected chi connectivity index (χ3v) is 4.65. The zero-order chi connectivity index (χ0) is 15.2. The summed E-state index contributed by atoms with van der Waals surface area (Å²) in [6.45, 7) is 14.5. The summed E-state index contributed by atoms with van der Waals surface area (Å²) >= 11 is 1.67. The first-order valence-corrected chi connectivity index (χ1v) is 8.55. The summed E-state index contributed by atoms with van der Waals surface area (Å²) in [6, 6.07) is 0. The molecular weight excluding hydrogens is 266 g/mol. The van der Waals surface area contributed by atoms with Crippen molar-refractivity contribution in [1.82, 2.24) is 15.2 Å². The van der Waals surface area contributed by atoms with Gasteiger partial charge in [0.1, 0.15) is 0 Å². The summed E-state index contributed by atoms with van der Waals surface area (Å²) in [4.78, 5) is 6.79. The summed E-state index contributed by atoms with van der Waals surface area (Å²) in [5, 5.41) is 5.83. The quantitative estimate of drug-likeness (QED) is 0.791. The molecular formula is C16H31N3S. The van der Waals surface area contributed by atoms with E-state index < -0.39 is 0 Å². The fraction of sp³-hybridized carbons (Fsp3) is 0.812. The van der Waals surface area contributed by atoms with E-state index in [0.717, 1.165) is 19.6 Å². The Hall–Kier alpha value is -0.450. The smallest absolute Gasteiger partial charge is 0.0795 e. The first kappa shape index (κ1) is 17.6. The molecule has 0 atom stereocenters. The van der Waals surface area contributed by atoms with Crippen LogP contribution in [-0.4, -0.2) is 35.6 Å². The molecule has 1 aromatic heterocycles. The molecule has 4 heteroatoms. The minimum Gasteiger partial charge on any atom is -0.311 e. The van der Waals surface area contributed by atoms with Gasteiger partial charge in [-0.3, -0.25) is 4.90 Å². The monoisotopic (exact) mass is 297 g/mol. The van der Waals surface area contributed by atoms with Crippen molar-refractivity contribution in [3.8, 4) is 0 Å². The predicted molar refractivity (Wildman–Crippen MR) is 89.2 cm³/mol. The maximum atomic E-state index is 4.38. The van der Waals surface area contributed by atoms with E-state index in [0.29, 0.717) is 5.41 Å². The molecule has 0 bridgehead atoms. The van der Waals surface area contributed by atoms with Crippen LogP contribution in [0, 0.1) is 5.41 Å². The third-order valence-electron chi connectivity index (χ3n) is 4.01. The fourth-order valence-corrected chi connectivity index (χ4v) is 3.00. The van der Waals surface area contributed by atoms with Crippen LogP contribution >= 0.6 is 11.3 Å². The van der Waals surface area contributed by atoms with E-state index in [1.165, 1.54) is 18.5 Å². The molecule has 1 heterocycles. The normalized spacial score (nSPS) is 13.2. The van der Waals surface area contributed by atoms with Gasteiger partial charge in [0.2, 0.25) is 0 Å². The molecule has 1 N–H and O–H groups in total. The highest BCUT2D eigenvalue weighted by Crippen LogP contribution is 2.28. The zero-order valence-electron chi connectivity index (χ0n) is 14.0. The highest BCUT2D eigenvalue weighted by atomic mass is 32.1. The van der Waals surface area contributed by atoms with Crippen LogP contribution in [0.3, 0.4) is 0 Å². The number of hydrogen-bond donors (Lipinski definition) is 1. The molecule has 0 aromatic carbocycles. The Morgan fingerprint density at radius 1 is 1.25 bits per heavy atom. The highest BCUT2D eigenvalue weighted by Gasteiger charge is 2.29. The molecule has 0 unspecified atom stereocenters. The van der Waals surface area contributed by atoms with Crippen LogP contribution in [0.15, 0.2) is 10.9 Å². The maximum absolute atomic E-state index is 4.38. The van der Waals surface area contributed by atoms with Gasteiger partial charge in [0.05, 0.1) is 11.2 Å². The number of aromatic nitrogens is 1. The predicted octanol–water partition coefficient (Wildman–Crippen LogP) is 3.77. The topological polar surface area (TPSA) is 28.2 Å². The average molecular weight is 298 g/mol. The Bertz CT molecular complexity index is 364. The van der Waals surface area contributed by atoms with Crippen LogP contribution in [0.25, 0.3) is 0 Å². The van der Waals surface area contributed by atoms with Gasteiger partial charge in [0.25, 0.3) is 0 Å². The second-order valence-corrected chi connectivity index (χ2v) is 7.68. The van der Waals surface area contributed by atoms with Crippen molar-refractivity contribution in [3.63, 3.8) is 0 Å². The lowest BCUT2D eigenvalue weighted by molar-refractivity contribution is 0.140. The molecule has 0 fully saturated rings. The minimum absolute atomic E-state index is 0.184. The lowest BCUT2D eigenvalue weighted by atomic mass is 9.81. The molecule has 0 radical (unpaired) electrons. The largest absolute Gasteiger partial charge is 0.311 e. The van der Waals surface area contributed by atoms with Crippen LogP contribution in [-0.2, 0) is 6.54 Å². The van der Waals surface area contributed by atoms with E-state index in [1.807, 2.05) is 5.51 Å². The molecule has 116 valence electrons. The standard InChI is InChI=1S/C16H31N3S/c1-7-16(8-2,11-18-15(3,4)5)12-19(6)9-14-10-20-13-17-14/h10,13,18H,7-9,11-12H2,1-6H3. The van der Waals surface area contributed by atoms with E-state index in [-0.39, 0.29) is 5.54 Å². The Kier molecular flexibility index (Phi) is 6.62. The second kappa shape index (κ2) is 7.53. The summed E-state index contributed by atoms with van der Waals surface area (Å²) in [5.74, 6) is 0. The molecule has 0 saturated heterocycles. The lowest BCUT2D eigenvalue weighted by Crippen LogP contribution is -2.47. The van der Waals surface area contributed by atoms with Gasteiger partial charge in [-0.15, -0.1) is 11.3 Å². The zero-order valence-corrected chi connectivity index (χ0v) is 14.8. The van der Waals surface area contributed by atoms with E-state index in [2.05, 4.69) is 62.2 Å². The van der Waals surface area contributed by atoms with E-state index in [4.69, 9.17) is 0 Å². The maximum Gasteiger partial charge on any atom is 0.0795 e. The number of hydrogen-bond acceptors (Lipinski definition) is 4. The van der Waals surface area contributed by atoms with E-state index in [9.17, 15) is 0 Å². The molecule has 3 nitrogen and oxygen atoms in total. The summed E-state index contributed by atoms with van der Waals surface area (Å²) in [5.41, 5.74) is 3.63. The summed E-state index contributed by atoms with van der Waals surface area (Å²) in [7, 11) is 2.20. The highest BCUT2D eigenvalue weighted by molar-refractivity contribution is 7.07. The van der Waals surface area contributed by atoms with Crippen LogP contribution in [0.1, 0.15) is 53.2 Å². The third kappa shape index (κ3) is 5.90. The molecule has 0 aliphatic heterocycles. The first-order valence-electron chi connectivity index (χ1n) is 7.61. The molecule has 1 aromatic rings. The molecule has 0 amide bonds. The van der Waals surface area contributed by atoms with Crippen LogP contribution in [0.4, 0.5) is 0 Å². The Labute approximate surface area is 128 Å². The van der Waals surface area contributed by atoms with Crippen molar-refractivity contribution in [1.29, 1.82) is 0 Å². The van der Waals surface area contributed by atoms with Gasteiger partial charge in [-0.2, -0.15) is 0 Å². The van der Waals surface area contributed by atoms with Crippen molar-refractivity contribution >= 4 is 11.3 Å². The van der Waals surface area contributed by atoms with Gasteiger partial charge in [-0.05, 0) is 46.1 Å². The van der Waals surface area contributed by atoms with Gasteiger partial charge in [-0.1, -0.05) is 13.8 Å². The fourth-order valence-electron chi connectivity index (χ4n) is 2.45. The van der Waals surface area contributed by atoms with Crippen molar-refractivity contribution < 1.29 is 0 Å². The van der Waals surface area contributed by atoms with Crippen molar-refractivity contribution in [2.75, 3.05) is 20.1 Å².